The van der Waals surface area contributed by atoms with Crippen molar-refractivity contribution in [2.45, 2.75) is 12.0 Å². The van der Waals surface area contributed by atoms with Gasteiger partial charge in [0.15, 0.2) is 0 Å². The fraction of sp³-hybridized carbons (Fsp3) is 0.200. The fourth-order valence-corrected chi connectivity index (χ4v) is 2.39. The van der Waals surface area contributed by atoms with Crippen molar-refractivity contribution in [1.82, 2.24) is 0 Å². The van der Waals surface area contributed by atoms with Crippen molar-refractivity contribution in [2.75, 3.05) is 6.54 Å². The lowest BCUT2D eigenvalue weighted by Crippen LogP contribution is -2.20. The lowest BCUT2D eigenvalue weighted by Gasteiger charge is -2.23. The van der Waals surface area contributed by atoms with Crippen LogP contribution >= 0.6 is 11.6 Å². The van der Waals surface area contributed by atoms with Gasteiger partial charge in [-0.25, -0.2) is 8.78 Å². The maximum Gasteiger partial charge on any atom is 0.124 e. The molecule has 0 fully saturated rings. The zero-order valence-corrected chi connectivity index (χ0v) is 11.3. The highest BCUT2D eigenvalue weighted by molar-refractivity contribution is 6.31. The quantitative estimate of drug-likeness (QED) is 0.908. The first kappa shape index (κ1) is 14.9. The number of halogens is 3. The van der Waals surface area contributed by atoms with Gasteiger partial charge in [-0.3, -0.25) is 0 Å². The maximum atomic E-state index is 13.0. The molecule has 106 valence electrons. The molecule has 2 nitrogen and oxygen atoms in total. The van der Waals surface area contributed by atoms with Crippen LogP contribution in [0.15, 0.2) is 42.5 Å². The summed E-state index contributed by atoms with van der Waals surface area (Å²) in [5.74, 6) is -1.28. The summed E-state index contributed by atoms with van der Waals surface area (Å²) in [6.45, 7) is 0.153. The fourth-order valence-electron chi connectivity index (χ4n) is 2.12. The standard InChI is InChI=1S/C15H14ClF2NO/c16-14-7-11(18)5-6-12(14)15(20)13(8-19)9-1-3-10(17)4-2-9/h1-7,13,15,20H,8,19H2. The second-order valence-electron chi connectivity index (χ2n) is 4.50. The monoisotopic (exact) mass is 297 g/mol. The van der Waals surface area contributed by atoms with E-state index in [-0.39, 0.29) is 17.4 Å². The van der Waals surface area contributed by atoms with Crippen LogP contribution < -0.4 is 5.73 Å². The van der Waals surface area contributed by atoms with Gasteiger partial charge in [0.05, 0.1) is 6.10 Å². The lowest BCUT2D eigenvalue weighted by atomic mass is 9.89. The van der Waals surface area contributed by atoms with E-state index in [0.717, 1.165) is 6.07 Å². The molecule has 3 N–H and O–H groups in total. The highest BCUT2D eigenvalue weighted by Gasteiger charge is 2.23. The van der Waals surface area contributed by atoms with Crippen LogP contribution in [0.4, 0.5) is 8.78 Å². The Bertz CT molecular complexity index is 589. The Labute approximate surface area is 120 Å². The number of rotatable bonds is 4. The highest BCUT2D eigenvalue weighted by atomic mass is 35.5. The lowest BCUT2D eigenvalue weighted by molar-refractivity contribution is 0.147. The molecule has 0 bridgehead atoms. The van der Waals surface area contributed by atoms with E-state index >= 15 is 0 Å². The second-order valence-corrected chi connectivity index (χ2v) is 4.91. The Hall–Kier alpha value is -1.49. The Morgan fingerprint density at radius 3 is 2.20 bits per heavy atom. The van der Waals surface area contributed by atoms with Gasteiger partial charge in [0.2, 0.25) is 0 Å². The van der Waals surface area contributed by atoms with Crippen LogP contribution in [0.1, 0.15) is 23.1 Å². The molecule has 0 spiro atoms. The first-order chi connectivity index (χ1) is 9.52. The van der Waals surface area contributed by atoms with Crippen LogP contribution in [-0.2, 0) is 0 Å². The Kier molecular flexibility index (Phi) is 4.70. The van der Waals surface area contributed by atoms with Crippen LogP contribution in [0, 0.1) is 11.6 Å². The van der Waals surface area contributed by atoms with E-state index in [0.29, 0.717) is 11.1 Å². The Morgan fingerprint density at radius 1 is 1.05 bits per heavy atom. The van der Waals surface area contributed by atoms with E-state index in [2.05, 4.69) is 0 Å². The molecular formula is C15H14ClF2NO. The molecule has 5 heteroatoms. The van der Waals surface area contributed by atoms with Crippen molar-refractivity contribution in [3.8, 4) is 0 Å². The molecule has 0 saturated heterocycles. The average Bonchev–Trinajstić information content (AvgIpc) is 2.41. The molecule has 0 heterocycles. The smallest absolute Gasteiger partial charge is 0.124 e. The molecule has 0 aliphatic heterocycles. The van der Waals surface area contributed by atoms with Gasteiger partial charge in [-0.2, -0.15) is 0 Å². The maximum absolute atomic E-state index is 13.0. The minimum absolute atomic E-state index is 0.137. The van der Waals surface area contributed by atoms with E-state index in [1.54, 1.807) is 12.1 Å². The van der Waals surface area contributed by atoms with Crippen LogP contribution in [0.5, 0.6) is 0 Å². The van der Waals surface area contributed by atoms with Crippen molar-refractivity contribution < 1.29 is 13.9 Å². The SMILES string of the molecule is NCC(c1ccc(F)cc1)C(O)c1ccc(F)cc1Cl. The average molecular weight is 298 g/mol. The molecule has 2 aromatic carbocycles. The van der Waals surface area contributed by atoms with Gasteiger partial charge < -0.3 is 10.8 Å². The Balaban J connectivity index is 2.33. The van der Waals surface area contributed by atoms with Crippen molar-refractivity contribution in [3.63, 3.8) is 0 Å². The molecule has 0 aliphatic rings. The summed E-state index contributed by atoms with van der Waals surface area (Å²) in [6.07, 6.45) is -0.987. The van der Waals surface area contributed by atoms with Gasteiger partial charge in [0.1, 0.15) is 11.6 Å². The number of hydrogen-bond acceptors (Lipinski definition) is 2. The first-order valence-electron chi connectivity index (χ1n) is 6.11. The third-order valence-electron chi connectivity index (χ3n) is 3.21. The number of aliphatic hydroxyl groups excluding tert-OH is 1. The predicted octanol–water partition coefficient (Wildman–Crippen LogP) is 3.39. The third kappa shape index (κ3) is 3.15. The molecule has 0 saturated carbocycles. The summed E-state index contributed by atoms with van der Waals surface area (Å²) < 4.78 is 26.0. The van der Waals surface area contributed by atoms with Crippen molar-refractivity contribution in [1.29, 1.82) is 0 Å². The van der Waals surface area contributed by atoms with Crippen LogP contribution in [0.2, 0.25) is 5.02 Å². The zero-order valence-electron chi connectivity index (χ0n) is 10.6. The van der Waals surface area contributed by atoms with Crippen molar-refractivity contribution in [2.24, 2.45) is 5.73 Å². The van der Waals surface area contributed by atoms with Crippen molar-refractivity contribution >= 4 is 11.6 Å². The van der Waals surface area contributed by atoms with Gasteiger partial charge in [-0.1, -0.05) is 29.8 Å². The predicted molar refractivity (Wildman–Crippen MR) is 74.6 cm³/mol. The summed E-state index contributed by atoms with van der Waals surface area (Å²) in [6, 6.07) is 9.52. The van der Waals surface area contributed by atoms with E-state index in [4.69, 9.17) is 17.3 Å². The van der Waals surface area contributed by atoms with Crippen LogP contribution in [0.3, 0.4) is 0 Å². The zero-order chi connectivity index (χ0) is 14.7. The van der Waals surface area contributed by atoms with Crippen molar-refractivity contribution in [3.05, 3.63) is 70.2 Å². The molecule has 0 aromatic heterocycles. The molecule has 2 aromatic rings. The minimum Gasteiger partial charge on any atom is -0.388 e. The van der Waals surface area contributed by atoms with Gasteiger partial charge in [0.25, 0.3) is 0 Å². The summed E-state index contributed by atoms with van der Waals surface area (Å²) in [5, 5.41) is 10.5. The Morgan fingerprint density at radius 2 is 1.65 bits per heavy atom. The number of nitrogens with two attached hydrogens (primary N) is 1. The summed E-state index contributed by atoms with van der Waals surface area (Å²) in [4.78, 5) is 0. The second kappa shape index (κ2) is 6.31. The van der Waals surface area contributed by atoms with Gasteiger partial charge in [-0.15, -0.1) is 0 Å². The van der Waals surface area contributed by atoms with E-state index in [1.165, 1.54) is 24.3 Å². The molecule has 2 unspecified atom stereocenters. The molecule has 20 heavy (non-hydrogen) atoms. The van der Waals surface area contributed by atoms with Crippen LogP contribution in [0.25, 0.3) is 0 Å². The minimum atomic E-state index is -0.987. The number of aliphatic hydroxyl groups is 1. The van der Waals surface area contributed by atoms with Crippen LogP contribution in [-0.4, -0.2) is 11.7 Å². The van der Waals surface area contributed by atoms with E-state index in [9.17, 15) is 13.9 Å². The summed E-state index contributed by atoms with van der Waals surface area (Å²) in [7, 11) is 0. The number of benzene rings is 2. The number of hydrogen-bond donors (Lipinski definition) is 2. The van der Waals surface area contributed by atoms with Gasteiger partial charge in [0, 0.05) is 17.5 Å². The van der Waals surface area contributed by atoms with Gasteiger partial charge >= 0.3 is 0 Å². The first-order valence-corrected chi connectivity index (χ1v) is 6.49. The molecule has 2 rings (SSSR count). The van der Waals surface area contributed by atoms with E-state index in [1.807, 2.05) is 0 Å². The molecular weight excluding hydrogens is 284 g/mol. The molecule has 2 atom stereocenters. The topological polar surface area (TPSA) is 46.2 Å². The third-order valence-corrected chi connectivity index (χ3v) is 3.54. The highest BCUT2D eigenvalue weighted by Crippen LogP contribution is 2.34. The largest absolute Gasteiger partial charge is 0.388 e. The van der Waals surface area contributed by atoms with E-state index < -0.39 is 17.8 Å². The molecule has 0 amide bonds. The molecule has 0 radical (unpaired) electrons. The summed E-state index contributed by atoms with van der Waals surface area (Å²) in [5.41, 5.74) is 6.78. The molecule has 0 aliphatic carbocycles. The van der Waals surface area contributed by atoms with Gasteiger partial charge in [-0.05, 0) is 35.4 Å². The summed E-state index contributed by atoms with van der Waals surface area (Å²) >= 11 is 5.94. The normalized spacial score (nSPS) is 14.1.